The van der Waals surface area contributed by atoms with Crippen LogP contribution in [0.25, 0.3) is 11.1 Å². The number of hydrogen-bond donors (Lipinski definition) is 1. The molecule has 1 amide bonds. The Morgan fingerprint density at radius 3 is 2.81 bits per heavy atom. The molecule has 166 valence electrons. The fourth-order valence-electron chi connectivity index (χ4n) is 4.78. The summed E-state index contributed by atoms with van der Waals surface area (Å²) in [5, 5.41) is 4.77. The molecule has 0 radical (unpaired) electrons. The van der Waals surface area contributed by atoms with Gasteiger partial charge in [0.1, 0.15) is 11.6 Å². The Morgan fingerprint density at radius 2 is 2.03 bits per heavy atom. The minimum absolute atomic E-state index is 0.144. The van der Waals surface area contributed by atoms with Gasteiger partial charge in [-0.05, 0) is 56.5 Å². The zero-order chi connectivity index (χ0) is 22.6. The fourth-order valence-corrected chi connectivity index (χ4v) is 4.78. The third-order valence-corrected chi connectivity index (χ3v) is 6.44. The van der Waals surface area contributed by atoms with Crippen molar-refractivity contribution >= 4 is 17.4 Å². The quantitative estimate of drug-likeness (QED) is 0.622. The second-order valence-electron chi connectivity index (χ2n) is 8.94. The van der Waals surface area contributed by atoms with E-state index in [0.29, 0.717) is 23.5 Å². The van der Waals surface area contributed by atoms with Gasteiger partial charge in [0.05, 0.1) is 24.0 Å². The number of aromatic nitrogens is 3. The third kappa shape index (κ3) is 3.30. The van der Waals surface area contributed by atoms with Crippen LogP contribution in [0.3, 0.4) is 0 Å². The van der Waals surface area contributed by atoms with Gasteiger partial charge >= 0.3 is 0 Å². The van der Waals surface area contributed by atoms with E-state index in [4.69, 9.17) is 10.8 Å². The van der Waals surface area contributed by atoms with Crippen LogP contribution in [0.5, 0.6) is 0 Å². The fraction of sp³-hybridized carbons (Fsp3) is 0.375. The first-order valence-electron chi connectivity index (χ1n) is 11.0. The van der Waals surface area contributed by atoms with Gasteiger partial charge < -0.3 is 15.5 Å². The summed E-state index contributed by atoms with van der Waals surface area (Å²) in [5.74, 6) is -0.0694. The molecule has 4 heterocycles. The summed E-state index contributed by atoms with van der Waals surface area (Å²) in [6.45, 7) is 5.22. The zero-order valence-corrected chi connectivity index (χ0v) is 18.5. The van der Waals surface area contributed by atoms with Gasteiger partial charge in [0, 0.05) is 48.7 Å². The summed E-state index contributed by atoms with van der Waals surface area (Å²) in [4.78, 5) is 21.8. The number of anilines is 2. The van der Waals surface area contributed by atoms with Crippen LogP contribution in [0.1, 0.15) is 60.4 Å². The molecule has 32 heavy (non-hydrogen) atoms. The maximum atomic E-state index is 14.3. The highest BCUT2D eigenvalue weighted by molar-refractivity contribution is 5.96. The van der Waals surface area contributed by atoms with Gasteiger partial charge in [-0.2, -0.15) is 5.10 Å². The van der Waals surface area contributed by atoms with Crippen molar-refractivity contribution in [2.75, 3.05) is 24.2 Å². The molecule has 1 fully saturated rings. The van der Waals surface area contributed by atoms with E-state index in [-0.39, 0.29) is 23.8 Å². The van der Waals surface area contributed by atoms with Crippen molar-refractivity contribution in [1.29, 1.82) is 0 Å². The second kappa shape index (κ2) is 7.62. The molecule has 0 unspecified atom stereocenters. The summed E-state index contributed by atoms with van der Waals surface area (Å²) in [6.07, 6.45) is 5.50. The number of hydrogen-bond acceptors (Lipinski definition) is 5. The molecule has 8 heteroatoms. The highest BCUT2D eigenvalue weighted by atomic mass is 19.1. The van der Waals surface area contributed by atoms with Crippen molar-refractivity contribution in [3.05, 3.63) is 59.3 Å². The van der Waals surface area contributed by atoms with Crippen LogP contribution in [0.2, 0.25) is 0 Å². The summed E-state index contributed by atoms with van der Waals surface area (Å²) in [7, 11) is 1.76. The van der Waals surface area contributed by atoms with Crippen molar-refractivity contribution in [2.24, 2.45) is 0 Å². The van der Waals surface area contributed by atoms with Crippen molar-refractivity contribution in [3.8, 4) is 11.1 Å². The molecule has 2 aliphatic heterocycles. The van der Waals surface area contributed by atoms with Crippen LogP contribution in [0.15, 0.2) is 36.7 Å². The van der Waals surface area contributed by atoms with E-state index in [0.717, 1.165) is 41.9 Å². The molecule has 7 nitrogen and oxygen atoms in total. The van der Waals surface area contributed by atoms with Crippen molar-refractivity contribution in [1.82, 2.24) is 19.7 Å². The van der Waals surface area contributed by atoms with Gasteiger partial charge in [-0.1, -0.05) is 0 Å². The first kappa shape index (κ1) is 20.5. The molecule has 3 aromatic rings. The monoisotopic (exact) mass is 434 g/mol. The van der Waals surface area contributed by atoms with E-state index < -0.39 is 0 Å². The number of amides is 1. The number of halogens is 1. The van der Waals surface area contributed by atoms with Crippen molar-refractivity contribution in [3.63, 3.8) is 0 Å². The minimum atomic E-state index is -0.351. The largest absolute Gasteiger partial charge is 0.382 e. The van der Waals surface area contributed by atoms with E-state index in [1.54, 1.807) is 24.2 Å². The van der Waals surface area contributed by atoms with E-state index in [1.165, 1.54) is 12.1 Å². The maximum Gasteiger partial charge on any atom is 0.254 e. The predicted molar refractivity (Wildman–Crippen MR) is 122 cm³/mol. The highest BCUT2D eigenvalue weighted by Crippen LogP contribution is 2.42. The van der Waals surface area contributed by atoms with Gasteiger partial charge in [-0.15, -0.1) is 0 Å². The lowest BCUT2D eigenvalue weighted by atomic mass is 9.96. The molecule has 2 aromatic heterocycles. The molecule has 0 saturated carbocycles. The molecule has 1 atom stereocenters. The molecule has 0 aliphatic carbocycles. The van der Waals surface area contributed by atoms with E-state index in [1.807, 2.05) is 16.9 Å². The number of fused-ring (bicyclic) bond motifs is 8. The zero-order valence-electron chi connectivity index (χ0n) is 18.5. The summed E-state index contributed by atoms with van der Waals surface area (Å²) >= 11 is 0. The number of carbonyl (C=O) groups is 1. The van der Waals surface area contributed by atoms with Crippen LogP contribution in [0, 0.1) is 5.82 Å². The average molecular weight is 435 g/mol. The second-order valence-corrected chi connectivity index (χ2v) is 8.94. The lowest BCUT2D eigenvalue weighted by molar-refractivity contribution is 0.0781. The Kier molecular flexibility index (Phi) is 4.87. The van der Waals surface area contributed by atoms with Crippen LogP contribution in [0.4, 0.5) is 15.9 Å². The van der Waals surface area contributed by atoms with Crippen LogP contribution in [-0.2, 0) is 6.54 Å². The summed E-state index contributed by atoms with van der Waals surface area (Å²) in [6, 6.07) is 6.51. The van der Waals surface area contributed by atoms with E-state index in [9.17, 15) is 9.18 Å². The Bertz CT molecular complexity index is 1200. The normalized spacial score (nSPS) is 18.2. The molecule has 0 spiro atoms. The summed E-state index contributed by atoms with van der Waals surface area (Å²) in [5.41, 5.74) is 11.0. The number of nitrogen functional groups attached to an aromatic ring is 1. The lowest BCUT2D eigenvalue weighted by Gasteiger charge is -2.30. The smallest absolute Gasteiger partial charge is 0.254 e. The number of pyridine rings is 1. The van der Waals surface area contributed by atoms with E-state index >= 15 is 0 Å². The molecular weight excluding hydrogens is 407 g/mol. The molecule has 2 N–H and O–H groups in total. The number of nitrogens with zero attached hydrogens (tertiary/aromatic N) is 5. The van der Waals surface area contributed by atoms with Gasteiger partial charge in [-0.3, -0.25) is 9.48 Å². The molecule has 1 saturated heterocycles. The standard InChI is InChI=1S/C24H27FN6O/c1-14(2)31-12-19-15-9-22(23(26)27-11-15)30-8-4-5-21(30)18-10-16(25)6-7-17(18)24(32)29(3)13-20(19)28-31/h6-7,9-12,14,21H,4-5,8,13H2,1-3H3,(H2,26,27)/t21-/m1/s1. The third-order valence-electron chi connectivity index (χ3n) is 6.44. The SMILES string of the molecule is CC(C)n1cc2c(n1)CN(C)C(=O)c1ccc(F)cc1[C@H]1CCCN1c1cc-2cnc1N. The predicted octanol–water partition coefficient (Wildman–Crippen LogP) is 4.17. The highest BCUT2D eigenvalue weighted by Gasteiger charge is 2.33. The van der Waals surface area contributed by atoms with Gasteiger partial charge in [0.25, 0.3) is 5.91 Å². The van der Waals surface area contributed by atoms with Crippen molar-refractivity contribution in [2.45, 2.75) is 45.3 Å². The van der Waals surface area contributed by atoms with Gasteiger partial charge in [0.15, 0.2) is 0 Å². The number of nitrogens with two attached hydrogens (primary N) is 1. The van der Waals surface area contributed by atoms with E-state index in [2.05, 4.69) is 23.7 Å². The Hall–Kier alpha value is -3.42. The first-order valence-corrected chi connectivity index (χ1v) is 11.0. The molecule has 1 aromatic carbocycles. The van der Waals surface area contributed by atoms with Crippen molar-refractivity contribution < 1.29 is 9.18 Å². The maximum absolute atomic E-state index is 14.3. The van der Waals surface area contributed by atoms with Crippen LogP contribution < -0.4 is 10.6 Å². The van der Waals surface area contributed by atoms with Crippen LogP contribution in [-0.4, -0.2) is 39.2 Å². The van der Waals surface area contributed by atoms with Crippen LogP contribution >= 0.6 is 0 Å². The minimum Gasteiger partial charge on any atom is -0.382 e. The average Bonchev–Trinajstić information content (AvgIpc) is 3.40. The lowest BCUT2D eigenvalue weighted by Crippen LogP contribution is -2.31. The molecule has 2 aliphatic rings. The molecule has 5 rings (SSSR count). The Labute approximate surface area is 186 Å². The Balaban J connectivity index is 1.76. The number of carbonyl (C=O) groups excluding carboxylic acids is 1. The first-order chi connectivity index (χ1) is 15.3. The molecular formula is C24H27FN6O. The topological polar surface area (TPSA) is 80.3 Å². The summed E-state index contributed by atoms with van der Waals surface area (Å²) < 4.78 is 16.2. The van der Waals surface area contributed by atoms with Gasteiger partial charge in [-0.25, -0.2) is 9.37 Å². The Morgan fingerprint density at radius 1 is 1.22 bits per heavy atom. The molecule has 2 bridgehead atoms. The van der Waals surface area contributed by atoms with Gasteiger partial charge in [0.2, 0.25) is 0 Å². The number of rotatable bonds is 1. The number of benzene rings is 1.